The molecule has 6 nitrogen and oxygen atoms in total. The van der Waals surface area contributed by atoms with E-state index in [-0.39, 0.29) is 11.8 Å². The number of carbonyl (C=O) groups excluding carboxylic acids is 2. The highest BCUT2D eigenvalue weighted by atomic mass is 16.5. The van der Waals surface area contributed by atoms with Crippen LogP contribution in [0.4, 0.5) is 0 Å². The lowest BCUT2D eigenvalue weighted by molar-refractivity contribution is -0.138. The number of nitrogens with one attached hydrogen (secondary N) is 1. The van der Waals surface area contributed by atoms with Crippen molar-refractivity contribution in [3.63, 3.8) is 0 Å². The van der Waals surface area contributed by atoms with Crippen molar-refractivity contribution >= 4 is 11.8 Å². The molecule has 19 heavy (non-hydrogen) atoms. The zero-order chi connectivity index (χ0) is 14.3. The first-order valence-electron chi connectivity index (χ1n) is 6.64. The first-order valence-corrected chi connectivity index (χ1v) is 6.64. The quantitative estimate of drug-likeness (QED) is 0.671. The third-order valence-electron chi connectivity index (χ3n) is 3.03. The lowest BCUT2D eigenvalue weighted by atomic mass is 10.0. The largest absolute Gasteiger partial charge is 0.385 e. The van der Waals surface area contributed by atoms with Gasteiger partial charge in [0.15, 0.2) is 0 Å². The Morgan fingerprint density at radius 1 is 1.26 bits per heavy atom. The maximum absolute atomic E-state index is 12.2. The van der Waals surface area contributed by atoms with Crippen LogP contribution in [0.1, 0.15) is 26.7 Å². The van der Waals surface area contributed by atoms with Crippen molar-refractivity contribution in [2.75, 3.05) is 40.0 Å². The summed E-state index contributed by atoms with van der Waals surface area (Å²) in [6.45, 7) is 6.21. The van der Waals surface area contributed by atoms with Gasteiger partial charge in [-0.1, -0.05) is 0 Å². The average Bonchev–Trinajstić information content (AvgIpc) is 2.44. The molecule has 0 atom stereocenters. The van der Waals surface area contributed by atoms with Crippen LogP contribution in [-0.2, 0) is 19.1 Å². The Morgan fingerprint density at radius 3 is 2.68 bits per heavy atom. The van der Waals surface area contributed by atoms with Crippen LogP contribution < -0.4 is 5.32 Å². The van der Waals surface area contributed by atoms with E-state index in [2.05, 4.69) is 5.32 Å². The summed E-state index contributed by atoms with van der Waals surface area (Å²) in [5, 5.41) is 2.73. The van der Waals surface area contributed by atoms with Gasteiger partial charge in [0.25, 0.3) is 0 Å². The van der Waals surface area contributed by atoms with Crippen LogP contribution in [0.15, 0.2) is 0 Å². The summed E-state index contributed by atoms with van der Waals surface area (Å²) in [6, 6.07) is 0. The Morgan fingerprint density at radius 2 is 2.00 bits per heavy atom. The summed E-state index contributed by atoms with van der Waals surface area (Å²) in [5.41, 5.74) is -0.830. The molecule has 1 aliphatic heterocycles. The molecule has 6 heteroatoms. The van der Waals surface area contributed by atoms with Crippen molar-refractivity contribution in [1.82, 2.24) is 10.2 Å². The van der Waals surface area contributed by atoms with Crippen LogP contribution in [0.25, 0.3) is 0 Å². The molecule has 110 valence electrons. The van der Waals surface area contributed by atoms with E-state index in [1.807, 2.05) is 0 Å². The van der Waals surface area contributed by atoms with Crippen molar-refractivity contribution in [2.24, 2.45) is 0 Å². The van der Waals surface area contributed by atoms with Crippen molar-refractivity contribution in [1.29, 1.82) is 0 Å². The molecule has 0 bridgehead atoms. The molecule has 0 saturated carbocycles. The van der Waals surface area contributed by atoms with Crippen LogP contribution in [-0.4, -0.2) is 62.3 Å². The van der Waals surface area contributed by atoms with Crippen LogP contribution in [0.2, 0.25) is 0 Å². The highest BCUT2D eigenvalue weighted by Gasteiger charge is 2.36. The number of carbonyl (C=O) groups is 2. The highest BCUT2D eigenvalue weighted by molar-refractivity contribution is 5.92. The number of ether oxygens (including phenoxy) is 2. The minimum absolute atomic E-state index is 0.0566. The van der Waals surface area contributed by atoms with Gasteiger partial charge in [0, 0.05) is 39.8 Å². The number of amides is 2. The van der Waals surface area contributed by atoms with E-state index in [0.29, 0.717) is 39.3 Å². The second-order valence-corrected chi connectivity index (χ2v) is 5.17. The van der Waals surface area contributed by atoms with E-state index in [9.17, 15) is 9.59 Å². The molecule has 0 aromatic carbocycles. The number of rotatable bonds is 7. The van der Waals surface area contributed by atoms with Crippen LogP contribution in [0.5, 0.6) is 0 Å². The molecule has 0 radical (unpaired) electrons. The van der Waals surface area contributed by atoms with Gasteiger partial charge in [-0.05, 0) is 20.3 Å². The first kappa shape index (κ1) is 15.9. The summed E-state index contributed by atoms with van der Waals surface area (Å²) < 4.78 is 10.4. The van der Waals surface area contributed by atoms with Gasteiger partial charge >= 0.3 is 0 Å². The van der Waals surface area contributed by atoms with E-state index in [0.717, 1.165) is 6.42 Å². The molecule has 0 aromatic heterocycles. The van der Waals surface area contributed by atoms with Gasteiger partial charge in [0.05, 0.1) is 6.61 Å². The maximum Gasteiger partial charge on any atom is 0.247 e. The molecule has 1 rings (SSSR count). The molecule has 1 fully saturated rings. The molecule has 1 heterocycles. The predicted molar refractivity (Wildman–Crippen MR) is 70.7 cm³/mol. The molecular formula is C13H24N2O4. The Kier molecular flexibility index (Phi) is 6.24. The molecular weight excluding hydrogens is 248 g/mol. The summed E-state index contributed by atoms with van der Waals surface area (Å²) >= 11 is 0. The topological polar surface area (TPSA) is 67.9 Å². The fourth-order valence-corrected chi connectivity index (χ4v) is 1.99. The molecule has 1 aliphatic rings. The third-order valence-corrected chi connectivity index (χ3v) is 3.03. The van der Waals surface area contributed by atoms with Crippen LogP contribution in [0, 0.1) is 0 Å². The highest BCUT2D eigenvalue weighted by Crippen LogP contribution is 2.12. The fraction of sp³-hybridized carbons (Fsp3) is 0.846. The Balaban J connectivity index is 2.35. The summed E-state index contributed by atoms with van der Waals surface area (Å²) in [7, 11) is 1.65. The van der Waals surface area contributed by atoms with E-state index < -0.39 is 5.54 Å². The molecule has 0 spiro atoms. The monoisotopic (exact) mass is 272 g/mol. The molecule has 0 aromatic rings. The van der Waals surface area contributed by atoms with Gasteiger partial charge < -0.3 is 19.7 Å². The average molecular weight is 272 g/mol. The fourth-order valence-electron chi connectivity index (χ4n) is 1.99. The summed E-state index contributed by atoms with van der Waals surface area (Å²) in [5.74, 6) is -0.138. The maximum atomic E-state index is 12.2. The summed E-state index contributed by atoms with van der Waals surface area (Å²) in [4.78, 5) is 25.4. The molecule has 2 amide bonds. The lowest BCUT2D eigenvalue weighted by Crippen LogP contribution is -2.53. The number of nitrogens with zero attached hydrogens (tertiary/aromatic N) is 1. The third kappa shape index (κ3) is 5.16. The second kappa shape index (κ2) is 7.45. The first-order chi connectivity index (χ1) is 8.97. The second-order valence-electron chi connectivity index (χ2n) is 5.17. The normalized spacial score (nSPS) is 19.2. The predicted octanol–water partition coefficient (Wildman–Crippen LogP) is 0.167. The van der Waals surface area contributed by atoms with Crippen LogP contribution in [0.3, 0.4) is 0 Å². The smallest absolute Gasteiger partial charge is 0.247 e. The minimum Gasteiger partial charge on any atom is -0.385 e. The van der Waals surface area contributed by atoms with Crippen molar-refractivity contribution in [3.8, 4) is 0 Å². The zero-order valence-corrected chi connectivity index (χ0v) is 12.0. The molecule has 0 unspecified atom stereocenters. The van der Waals surface area contributed by atoms with Crippen molar-refractivity contribution in [3.05, 3.63) is 0 Å². The van der Waals surface area contributed by atoms with Gasteiger partial charge in [0.2, 0.25) is 11.8 Å². The molecule has 0 aliphatic carbocycles. The zero-order valence-electron chi connectivity index (χ0n) is 12.0. The van der Waals surface area contributed by atoms with E-state index in [4.69, 9.17) is 9.47 Å². The lowest BCUT2D eigenvalue weighted by Gasteiger charge is -2.28. The van der Waals surface area contributed by atoms with Crippen molar-refractivity contribution in [2.45, 2.75) is 32.2 Å². The Hall–Kier alpha value is -1.14. The SMILES string of the molecule is COCCCOCCN1CCC(=O)NC(C)(C)C1=O. The van der Waals surface area contributed by atoms with E-state index >= 15 is 0 Å². The Bertz CT molecular complexity index is 318. The van der Waals surface area contributed by atoms with Gasteiger partial charge in [-0.3, -0.25) is 9.59 Å². The van der Waals surface area contributed by atoms with Gasteiger partial charge in [-0.15, -0.1) is 0 Å². The number of methoxy groups -OCH3 is 1. The Labute approximate surface area is 114 Å². The van der Waals surface area contributed by atoms with E-state index in [1.165, 1.54) is 0 Å². The minimum atomic E-state index is -0.830. The van der Waals surface area contributed by atoms with E-state index in [1.54, 1.807) is 25.9 Å². The number of hydrogen-bond donors (Lipinski definition) is 1. The van der Waals surface area contributed by atoms with Gasteiger partial charge in [-0.2, -0.15) is 0 Å². The summed E-state index contributed by atoms with van der Waals surface area (Å²) in [6.07, 6.45) is 1.19. The van der Waals surface area contributed by atoms with Crippen molar-refractivity contribution < 1.29 is 19.1 Å². The van der Waals surface area contributed by atoms with Crippen LogP contribution >= 0.6 is 0 Å². The van der Waals surface area contributed by atoms with Gasteiger partial charge in [-0.25, -0.2) is 0 Å². The molecule has 1 saturated heterocycles. The molecule has 1 N–H and O–H groups in total. The van der Waals surface area contributed by atoms with Gasteiger partial charge in [0.1, 0.15) is 5.54 Å². The number of hydrogen-bond acceptors (Lipinski definition) is 4. The standard InChI is InChI=1S/C13H24N2O4/c1-13(2)12(17)15(6-5-11(16)14-13)7-10-19-9-4-8-18-3/h4-10H2,1-3H3,(H,14,16).